The van der Waals surface area contributed by atoms with Crippen molar-refractivity contribution in [2.24, 2.45) is 5.41 Å². The minimum absolute atomic E-state index is 0.169. The second-order valence-electron chi connectivity index (χ2n) is 7.99. The van der Waals surface area contributed by atoms with Gasteiger partial charge in [0.2, 0.25) is 17.7 Å². The zero-order chi connectivity index (χ0) is 19.4. The van der Waals surface area contributed by atoms with E-state index in [1.54, 1.807) is 7.11 Å². The molecule has 0 aliphatic carbocycles. The Labute approximate surface area is 165 Å². The summed E-state index contributed by atoms with van der Waals surface area (Å²) in [5, 5.41) is 8.45. The van der Waals surface area contributed by atoms with Crippen LogP contribution in [0.25, 0.3) is 11.5 Å². The van der Waals surface area contributed by atoms with Gasteiger partial charge in [0.05, 0.1) is 13.2 Å². The third-order valence-electron chi connectivity index (χ3n) is 5.90. The molecule has 28 heavy (non-hydrogen) atoms. The van der Waals surface area contributed by atoms with Crippen molar-refractivity contribution in [2.75, 3.05) is 39.9 Å². The molecule has 3 heterocycles. The van der Waals surface area contributed by atoms with Crippen molar-refractivity contribution in [1.82, 2.24) is 20.0 Å². The van der Waals surface area contributed by atoms with E-state index < -0.39 is 0 Å². The maximum absolute atomic E-state index is 12.3. The summed E-state index contributed by atoms with van der Waals surface area (Å²) >= 11 is 0. The van der Waals surface area contributed by atoms with Crippen LogP contribution < -0.4 is 0 Å². The molecule has 7 heteroatoms. The summed E-state index contributed by atoms with van der Waals surface area (Å²) in [5.74, 6) is 1.47. The predicted octanol–water partition coefficient (Wildman–Crippen LogP) is 2.59. The lowest BCUT2D eigenvalue weighted by atomic mass is 9.73. The van der Waals surface area contributed by atoms with Crippen molar-refractivity contribution in [3.05, 3.63) is 36.2 Å². The van der Waals surface area contributed by atoms with Gasteiger partial charge in [0.1, 0.15) is 0 Å². The average Bonchev–Trinajstić information content (AvgIpc) is 3.18. The summed E-state index contributed by atoms with van der Waals surface area (Å²) in [7, 11) is 1.68. The monoisotopic (exact) mass is 384 g/mol. The second kappa shape index (κ2) is 8.41. The van der Waals surface area contributed by atoms with Crippen LogP contribution in [0.5, 0.6) is 0 Å². The number of aromatic nitrogens is 2. The quantitative estimate of drug-likeness (QED) is 0.762. The number of likely N-dealkylation sites (tertiary alicyclic amines) is 2. The summed E-state index contributed by atoms with van der Waals surface area (Å²) in [6.07, 6.45) is 3.90. The van der Waals surface area contributed by atoms with Crippen LogP contribution in [0.2, 0.25) is 0 Å². The molecule has 1 amide bonds. The maximum atomic E-state index is 12.3. The first kappa shape index (κ1) is 19.1. The number of ether oxygens (including phenoxy) is 1. The molecule has 2 aliphatic heterocycles. The van der Waals surface area contributed by atoms with Crippen molar-refractivity contribution in [3.8, 4) is 11.5 Å². The lowest BCUT2D eigenvalue weighted by molar-refractivity contribution is -0.140. The molecule has 1 aromatic heterocycles. The zero-order valence-electron chi connectivity index (χ0n) is 16.5. The highest BCUT2D eigenvalue weighted by molar-refractivity contribution is 5.77. The van der Waals surface area contributed by atoms with Gasteiger partial charge in [0, 0.05) is 44.1 Å². The van der Waals surface area contributed by atoms with Gasteiger partial charge in [-0.05, 0) is 37.9 Å². The Morgan fingerprint density at radius 1 is 1.18 bits per heavy atom. The number of hydrogen-bond donors (Lipinski definition) is 0. The highest BCUT2D eigenvalue weighted by atomic mass is 16.5. The molecule has 2 aliphatic rings. The molecule has 1 atom stereocenters. The highest BCUT2D eigenvalue weighted by Crippen LogP contribution is 2.39. The summed E-state index contributed by atoms with van der Waals surface area (Å²) in [6.45, 7) is 4.75. The molecule has 0 radical (unpaired) electrons. The lowest BCUT2D eigenvalue weighted by Crippen LogP contribution is -2.54. The normalized spacial score (nSPS) is 23.5. The van der Waals surface area contributed by atoms with Crippen LogP contribution in [0.4, 0.5) is 0 Å². The molecule has 0 N–H and O–H groups in total. The molecule has 1 unspecified atom stereocenters. The van der Waals surface area contributed by atoms with Crippen molar-refractivity contribution in [1.29, 1.82) is 0 Å². The molecule has 150 valence electrons. The molecule has 0 bridgehead atoms. The topological polar surface area (TPSA) is 71.7 Å². The average molecular weight is 384 g/mol. The molecule has 1 spiro atoms. The molecule has 2 fully saturated rings. The van der Waals surface area contributed by atoms with Crippen molar-refractivity contribution in [2.45, 2.75) is 32.2 Å². The van der Waals surface area contributed by atoms with E-state index in [9.17, 15) is 4.79 Å². The van der Waals surface area contributed by atoms with Gasteiger partial charge in [-0.3, -0.25) is 9.69 Å². The van der Waals surface area contributed by atoms with Crippen molar-refractivity contribution < 1.29 is 13.9 Å². The first-order valence-electron chi connectivity index (χ1n) is 10.0. The number of piperidine rings is 2. The molecule has 0 saturated carbocycles. The van der Waals surface area contributed by atoms with E-state index in [1.807, 2.05) is 35.2 Å². The molecule has 4 rings (SSSR count). The molecule has 2 saturated heterocycles. The minimum atomic E-state index is 0.169. The van der Waals surface area contributed by atoms with Crippen LogP contribution >= 0.6 is 0 Å². The fourth-order valence-electron chi connectivity index (χ4n) is 4.49. The summed E-state index contributed by atoms with van der Waals surface area (Å²) < 4.78 is 11.1. The van der Waals surface area contributed by atoms with Gasteiger partial charge in [-0.25, -0.2) is 0 Å². The Balaban J connectivity index is 1.40. The van der Waals surface area contributed by atoms with Gasteiger partial charge in [-0.2, -0.15) is 0 Å². The van der Waals surface area contributed by atoms with Crippen LogP contribution in [-0.4, -0.2) is 65.8 Å². The predicted molar refractivity (Wildman–Crippen MR) is 104 cm³/mol. The summed E-state index contributed by atoms with van der Waals surface area (Å²) in [5.41, 5.74) is 1.11. The number of benzene rings is 1. The van der Waals surface area contributed by atoms with E-state index in [0.717, 1.165) is 38.0 Å². The number of rotatable bonds is 6. The summed E-state index contributed by atoms with van der Waals surface area (Å²) in [6, 6.07) is 9.85. The van der Waals surface area contributed by atoms with Gasteiger partial charge in [0.15, 0.2) is 0 Å². The Kier molecular flexibility index (Phi) is 5.73. The van der Waals surface area contributed by atoms with Crippen molar-refractivity contribution >= 4 is 5.91 Å². The van der Waals surface area contributed by atoms with E-state index >= 15 is 0 Å². The minimum Gasteiger partial charge on any atom is -0.419 e. The molecular weight excluding hydrogens is 356 g/mol. The van der Waals surface area contributed by atoms with E-state index in [4.69, 9.17) is 9.15 Å². The Hall–Kier alpha value is -2.25. The molecule has 1 aromatic carbocycles. The Morgan fingerprint density at radius 3 is 2.86 bits per heavy atom. The third kappa shape index (κ3) is 4.25. The van der Waals surface area contributed by atoms with Crippen LogP contribution in [0.15, 0.2) is 34.7 Å². The number of carbonyl (C=O) groups excluding carboxylic acids is 1. The molecular formula is C21H28N4O3. The van der Waals surface area contributed by atoms with E-state index in [0.29, 0.717) is 37.9 Å². The summed E-state index contributed by atoms with van der Waals surface area (Å²) in [4.78, 5) is 16.6. The SMILES string of the molecule is COCCN1CC2(CCCN(Cc3nnc(-c4ccccc4)o3)C2)CCC1=O. The number of amides is 1. The molecule has 7 nitrogen and oxygen atoms in total. The van der Waals surface area contributed by atoms with E-state index in [-0.39, 0.29) is 11.3 Å². The fraction of sp³-hybridized carbons (Fsp3) is 0.571. The Morgan fingerprint density at radius 2 is 2.04 bits per heavy atom. The van der Waals surface area contributed by atoms with Crippen LogP contribution in [0.1, 0.15) is 31.6 Å². The second-order valence-corrected chi connectivity index (χ2v) is 7.99. The lowest BCUT2D eigenvalue weighted by Gasteiger charge is -2.48. The van der Waals surface area contributed by atoms with Gasteiger partial charge >= 0.3 is 0 Å². The van der Waals surface area contributed by atoms with Crippen LogP contribution in [0.3, 0.4) is 0 Å². The van der Waals surface area contributed by atoms with Crippen LogP contribution in [0, 0.1) is 5.41 Å². The first-order chi connectivity index (χ1) is 13.7. The largest absolute Gasteiger partial charge is 0.419 e. The van der Waals surface area contributed by atoms with E-state index in [1.165, 1.54) is 6.42 Å². The fourth-order valence-corrected chi connectivity index (χ4v) is 4.49. The number of methoxy groups -OCH3 is 1. The third-order valence-corrected chi connectivity index (χ3v) is 5.90. The number of hydrogen-bond acceptors (Lipinski definition) is 6. The van der Waals surface area contributed by atoms with Crippen molar-refractivity contribution in [3.63, 3.8) is 0 Å². The number of nitrogens with zero attached hydrogens (tertiary/aromatic N) is 4. The molecule has 2 aromatic rings. The highest BCUT2D eigenvalue weighted by Gasteiger charge is 2.41. The van der Waals surface area contributed by atoms with Crippen LogP contribution in [-0.2, 0) is 16.1 Å². The smallest absolute Gasteiger partial charge is 0.247 e. The standard InChI is InChI=1S/C21H28N4O3/c1-27-13-12-25-16-21(10-8-19(25)26)9-5-11-24(15-21)14-18-22-23-20(28-18)17-6-3-2-4-7-17/h2-4,6-7H,5,8-16H2,1H3. The zero-order valence-corrected chi connectivity index (χ0v) is 16.5. The van der Waals surface area contributed by atoms with E-state index in [2.05, 4.69) is 15.1 Å². The van der Waals surface area contributed by atoms with Gasteiger partial charge < -0.3 is 14.1 Å². The Bertz CT molecular complexity index is 794. The maximum Gasteiger partial charge on any atom is 0.247 e. The van der Waals surface area contributed by atoms with Gasteiger partial charge in [0.25, 0.3) is 0 Å². The first-order valence-corrected chi connectivity index (χ1v) is 10.0. The van der Waals surface area contributed by atoms with Gasteiger partial charge in [-0.15, -0.1) is 10.2 Å². The number of carbonyl (C=O) groups is 1. The van der Waals surface area contributed by atoms with Gasteiger partial charge in [-0.1, -0.05) is 18.2 Å².